The molecule has 1 fully saturated rings. The molecule has 1 N–H and O–H groups in total. The van der Waals surface area contributed by atoms with Gasteiger partial charge >= 0.3 is 0 Å². The number of hydrogen-bond donors (Lipinski definition) is 1. The normalized spacial score (nSPS) is 25.2. The fraction of sp³-hybridized carbons (Fsp3) is 0.455. The summed E-state index contributed by atoms with van der Waals surface area (Å²) in [7, 11) is 3.82. The number of nitrogens with zero attached hydrogens (tertiary/aromatic N) is 1. The lowest BCUT2D eigenvalue weighted by atomic mass is 9.70. The van der Waals surface area contributed by atoms with Crippen molar-refractivity contribution in [1.82, 2.24) is 4.90 Å². The zero-order valence-electron chi connectivity index (χ0n) is 16.2. The number of hydrogen-bond acceptors (Lipinski definition) is 3. The summed E-state index contributed by atoms with van der Waals surface area (Å²) in [5, 5.41) is 11.4. The second-order valence-electron chi connectivity index (χ2n) is 7.85. The van der Waals surface area contributed by atoms with Gasteiger partial charge in [0, 0.05) is 12.5 Å². The Labute approximate surface area is 163 Å². The van der Waals surface area contributed by atoms with Crippen molar-refractivity contribution >= 4 is 0 Å². The van der Waals surface area contributed by atoms with Crippen molar-refractivity contribution in [3.63, 3.8) is 0 Å². The monoisotopic (exact) mass is 393 g/mol. The molecule has 0 saturated heterocycles. The molecule has 1 aliphatic carbocycles. The molecule has 0 bridgehead atoms. The molecule has 152 valence electrons. The van der Waals surface area contributed by atoms with Crippen LogP contribution in [0.5, 0.6) is 0 Å². The van der Waals surface area contributed by atoms with Gasteiger partial charge in [0.1, 0.15) is 5.82 Å². The molecular weight excluding hydrogens is 367 g/mol. The van der Waals surface area contributed by atoms with Crippen LogP contribution in [0.2, 0.25) is 0 Å². The Morgan fingerprint density at radius 2 is 1.79 bits per heavy atom. The first-order chi connectivity index (χ1) is 13.3. The van der Waals surface area contributed by atoms with Crippen LogP contribution in [0.3, 0.4) is 0 Å². The van der Waals surface area contributed by atoms with Crippen molar-refractivity contribution in [2.24, 2.45) is 5.92 Å². The summed E-state index contributed by atoms with van der Waals surface area (Å²) >= 11 is 0. The molecule has 28 heavy (non-hydrogen) atoms. The summed E-state index contributed by atoms with van der Waals surface area (Å²) in [6.07, 6.45) is 1.51. The van der Waals surface area contributed by atoms with E-state index in [0.29, 0.717) is 38.0 Å². The first-order valence-corrected chi connectivity index (χ1v) is 9.46. The van der Waals surface area contributed by atoms with Crippen LogP contribution in [0.4, 0.5) is 13.2 Å². The Morgan fingerprint density at radius 1 is 1.07 bits per heavy atom. The lowest BCUT2D eigenvalue weighted by Crippen LogP contribution is -2.46. The second-order valence-corrected chi connectivity index (χ2v) is 7.85. The Balaban J connectivity index is 1.73. The van der Waals surface area contributed by atoms with Crippen LogP contribution in [-0.4, -0.2) is 36.8 Å². The Morgan fingerprint density at radius 3 is 2.43 bits per heavy atom. The molecular formula is C22H26F3NO2. The smallest absolute Gasteiger partial charge is 0.159 e. The van der Waals surface area contributed by atoms with E-state index < -0.39 is 17.2 Å². The average Bonchev–Trinajstić information content (AvgIpc) is 2.65. The first-order valence-electron chi connectivity index (χ1n) is 9.46. The van der Waals surface area contributed by atoms with Crippen molar-refractivity contribution in [3.05, 3.63) is 71.0 Å². The molecule has 1 aliphatic rings. The topological polar surface area (TPSA) is 32.7 Å². The van der Waals surface area contributed by atoms with Gasteiger partial charge in [-0.3, -0.25) is 0 Å². The zero-order chi connectivity index (χ0) is 20.3. The van der Waals surface area contributed by atoms with Crippen LogP contribution < -0.4 is 0 Å². The predicted octanol–water partition coefficient (Wildman–Crippen LogP) is 4.24. The highest BCUT2D eigenvalue weighted by molar-refractivity contribution is 5.26. The van der Waals surface area contributed by atoms with Gasteiger partial charge in [-0.25, -0.2) is 13.2 Å². The van der Waals surface area contributed by atoms with Crippen molar-refractivity contribution in [2.45, 2.75) is 37.6 Å². The number of halogens is 3. The van der Waals surface area contributed by atoms with Crippen molar-refractivity contribution in [3.8, 4) is 0 Å². The SMILES string of the molecule is CN(C)CC1CC(OCc2ccc(F)cc2)CCC1(O)c1ccc(F)c(F)c1. The third-order valence-electron chi connectivity index (χ3n) is 5.47. The Hall–Kier alpha value is -1.89. The quantitative estimate of drug-likeness (QED) is 0.797. The average molecular weight is 393 g/mol. The van der Waals surface area contributed by atoms with Gasteiger partial charge in [0.05, 0.1) is 18.3 Å². The fourth-order valence-electron chi connectivity index (χ4n) is 3.97. The molecule has 3 unspecified atom stereocenters. The van der Waals surface area contributed by atoms with Crippen molar-refractivity contribution in [1.29, 1.82) is 0 Å². The largest absolute Gasteiger partial charge is 0.385 e. The van der Waals surface area contributed by atoms with Crippen LogP contribution in [0, 0.1) is 23.4 Å². The summed E-state index contributed by atoms with van der Waals surface area (Å²) in [4.78, 5) is 1.97. The second kappa shape index (κ2) is 8.64. The van der Waals surface area contributed by atoms with Crippen LogP contribution >= 0.6 is 0 Å². The molecule has 3 atom stereocenters. The van der Waals surface area contributed by atoms with E-state index in [2.05, 4.69) is 0 Å². The fourth-order valence-corrected chi connectivity index (χ4v) is 3.97. The third kappa shape index (κ3) is 4.74. The molecule has 3 rings (SSSR count). The maximum absolute atomic E-state index is 13.8. The molecule has 2 aromatic rings. The highest BCUT2D eigenvalue weighted by atomic mass is 19.2. The summed E-state index contributed by atoms with van der Waals surface area (Å²) in [5.41, 5.74) is 0.0383. The van der Waals surface area contributed by atoms with E-state index in [-0.39, 0.29) is 17.8 Å². The third-order valence-corrected chi connectivity index (χ3v) is 5.47. The van der Waals surface area contributed by atoms with E-state index in [0.717, 1.165) is 17.7 Å². The molecule has 0 aromatic heterocycles. The molecule has 0 spiro atoms. The maximum atomic E-state index is 13.8. The van der Waals surface area contributed by atoms with Gasteiger partial charge in [-0.05, 0) is 68.8 Å². The van der Waals surface area contributed by atoms with Crippen LogP contribution in [0.15, 0.2) is 42.5 Å². The van der Waals surface area contributed by atoms with E-state index in [1.165, 1.54) is 18.2 Å². The number of ether oxygens (including phenoxy) is 1. The number of rotatable bonds is 6. The van der Waals surface area contributed by atoms with Gasteiger partial charge in [0.25, 0.3) is 0 Å². The molecule has 0 radical (unpaired) electrons. The lowest BCUT2D eigenvalue weighted by Gasteiger charge is -2.44. The van der Waals surface area contributed by atoms with Gasteiger partial charge in [0.2, 0.25) is 0 Å². The van der Waals surface area contributed by atoms with E-state index >= 15 is 0 Å². The summed E-state index contributed by atoms with van der Waals surface area (Å²) < 4.78 is 46.1. The minimum Gasteiger partial charge on any atom is -0.385 e. The maximum Gasteiger partial charge on any atom is 0.159 e. The lowest BCUT2D eigenvalue weighted by molar-refractivity contribution is -0.110. The molecule has 1 saturated carbocycles. The highest BCUT2D eigenvalue weighted by Crippen LogP contribution is 2.43. The van der Waals surface area contributed by atoms with E-state index in [4.69, 9.17) is 4.74 Å². The van der Waals surface area contributed by atoms with E-state index in [1.807, 2.05) is 19.0 Å². The predicted molar refractivity (Wildman–Crippen MR) is 101 cm³/mol. The number of benzene rings is 2. The van der Waals surface area contributed by atoms with Gasteiger partial charge in [-0.1, -0.05) is 18.2 Å². The van der Waals surface area contributed by atoms with E-state index in [9.17, 15) is 18.3 Å². The molecule has 6 heteroatoms. The summed E-state index contributed by atoms with van der Waals surface area (Å²) in [6.45, 7) is 0.954. The Kier molecular flexibility index (Phi) is 6.43. The summed E-state index contributed by atoms with van der Waals surface area (Å²) in [6, 6.07) is 9.79. The minimum absolute atomic E-state index is 0.0689. The van der Waals surface area contributed by atoms with Gasteiger partial charge < -0.3 is 14.7 Å². The Bertz CT molecular complexity index is 797. The summed E-state index contributed by atoms with van der Waals surface area (Å²) in [5.74, 6) is -2.36. The molecule has 0 aliphatic heterocycles. The van der Waals surface area contributed by atoms with Gasteiger partial charge in [0.15, 0.2) is 11.6 Å². The standard InChI is InChI=1S/C22H26F3NO2/c1-26(2)13-17-11-19(28-14-15-3-6-18(23)7-4-15)9-10-22(17,27)16-5-8-20(24)21(25)12-16/h3-8,12,17,19,27H,9-11,13-14H2,1-2H3. The van der Waals surface area contributed by atoms with E-state index in [1.54, 1.807) is 12.1 Å². The van der Waals surface area contributed by atoms with Crippen molar-refractivity contribution < 1.29 is 23.0 Å². The molecule has 0 heterocycles. The zero-order valence-corrected chi connectivity index (χ0v) is 16.2. The van der Waals surface area contributed by atoms with Crippen LogP contribution in [0.25, 0.3) is 0 Å². The molecule has 0 amide bonds. The van der Waals surface area contributed by atoms with Gasteiger partial charge in [-0.15, -0.1) is 0 Å². The number of aliphatic hydroxyl groups is 1. The molecule has 3 nitrogen and oxygen atoms in total. The van der Waals surface area contributed by atoms with Gasteiger partial charge in [-0.2, -0.15) is 0 Å². The van der Waals surface area contributed by atoms with Crippen LogP contribution in [0.1, 0.15) is 30.4 Å². The van der Waals surface area contributed by atoms with Crippen molar-refractivity contribution in [2.75, 3.05) is 20.6 Å². The minimum atomic E-state index is -1.24. The first kappa shape index (κ1) is 20.8. The molecule has 2 aromatic carbocycles. The van der Waals surface area contributed by atoms with Crippen LogP contribution in [-0.2, 0) is 16.9 Å². The highest BCUT2D eigenvalue weighted by Gasteiger charge is 2.44.